The molecule has 4 aromatic carbocycles. The van der Waals surface area contributed by atoms with E-state index in [4.69, 9.17) is 54.1 Å². The summed E-state index contributed by atoms with van der Waals surface area (Å²) in [5, 5.41) is 15.3. The Hall–Kier alpha value is -9.72. The molecule has 2 saturated carbocycles. The lowest BCUT2D eigenvalue weighted by Crippen LogP contribution is -2.47. The average molecular weight is 1470 g/mol. The number of nitrogens with two attached hydrogens (primary N) is 2. The Labute approximate surface area is 586 Å². The minimum atomic E-state index is -2.99. The molecular weight excluding hydrogens is 1400 g/mol. The van der Waals surface area contributed by atoms with Crippen LogP contribution >= 0.6 is 23.2 Å². The number of aromatic nitrogens is 10. The van der Waals surface area contributed by atoms with Gasteiger partial charge in [-0.25, -0.2) is 65.0 Å². The van der Waals surface area contributed by atoms with E-state index in [1.54, 1.807) is 48.5 Å². The topological polar surface area (TPSA) is 267 Å². The second-order valence-corrected chi connectivity index (χ2v) is 28.3. The smallest absolute Gasteiger partial charge is 0.333 e. The molecule has 0 saturated heterocycles. The zero-order chi connectivity index (χ0) is 73.7. The van der Waals surface area contributed by atoms with Crippen molar-refractivity contribution in [1.82, 2.24) is 58.9 Å². The maximum Gasteiger partial charge on any atom is 0.333 e. The standard InChI is InChI=1S/2C34H34ClF5N8O3/c2*1-33(2,3)16-34(22-7-4-18(5-8-22)21-13-43-46(14-21)31(39)40)30(50)47(32(41)45-34)26(15-51-27(49)12-20-10-24(20)36)19-6-9-23(35)25(11-19)48-29(28(37)38)42-17-44-48/h2*4-9,11,13-14,17,20,24,26,28,31H,10,12,15-16H2,1-3H3,(H2,41,45)/t20-,24+,26+,34+;20-,24+,26-,34-/m01/s1. The van der Waals surface area contributed by atoms with Crippen molar-refractivity contribution in [2.24, 2.45) is 44.1 Å². The van der Waals surface area contributed by atoms with E-state index >= 15 is 0 Å². The second kappa shape index (κ2) is 29.0. The fourth-order valence-corrected chi connectivity index (χ4v) is 13.0. The molecule has 34 heteroatoms. The van der Waals surface area contributed by atoms with Gasteiger partial charge in [-0.05, 0) is 94.2 Å². The molecular formula is C68H68Cl2F10N16O6. The third-order valence-electron chi connectivity index (χ3n) is 17.5. The summed E-state index contributed by atoms with van der Waals surface area (Å²) in [4.78, 5) is 74.4. The normalized spacial score (nSPS) is 21.0. The van der Waals surface area contributed by atoms with Crippen molar-refractivity contribution in [3.8, 4) is 33.6 Å². The fraction of sp³-hybridized carbons (Fsp3) is 0.412. The van der Waals surface area contributed by atoms with Gasteiger partial charge in [0, 0.05) is 35.4 Å². The molecule has 102 heavy (non-hydrogen) atoms. The minimum absolute atomic E-state index is 0.0189. The van der Waals surface area contributed by atoms with E-state index in [9.17, 15) is 63.1 Å². The molecule has 0 radical (unpaired) electrons. The van der Waals surface area contributed by atoms with Gasteiger partial charge in [0.25, 0.3) is 24.7 Å². The highest BCUT2D eigenvalue weighted by molar-refractivity contribution is 6.32. The molecule has 12 rings (SSSR count). The van der Waals surface area contributed by atoms with Crippen LogP contribution in [0, 0.1) is 22.7 Å². The van der Waals surface area contributed by atoms with Crippen molar-refractivity contribution < 1.29 is 72.6 Å². The molecule has 0 spiro atoms. The maximum absolute atomic E-state index is 14.9. The van der Waals surface area contributed by atoms with Gasteiger partial charge in [-0.1, -0.05) is 125 Å². The highest BCUT2D eigenvalue weighted by Crippen LogP contribution is 2.49. The van der Waals surface area contributed by atoms with E-state index in [0.717, 1.165) is 22.0 Å². The Bertz CT molecular complexity index is 4200. The first-order chi connectivity index (χ1) is 48.1. The molecule has 4 aromatic heterocycles. The molecule has 2 aliphatic heterocycles. The molecule has 4 aliphatic rings. The van der Waals surface area contributed by atoms with Crippen LogP contribution in [0.2, 0.25) is 10.0 Å². The summed E-state index contributed by atoms with van der Waals surface area (Å²) in [6.07, 6.45) is -0.726. The second-order valence-electron chi connectivity index (χ2n) is 27.5. The molecule has 2 aliphatic carbocycles. The molecule has 2 amide bonds. The summed E-state index contributed by atoms with van der Waals surface area (Å²) >= 11 is 12.9. The van der Waals surface area contributed by atoms with Crippen LogP contribution in [0.25, 0.3) is 33.6 Å². The van der Waals surface area contributed by atoms with Crippen molar-refractivity contribution >= 4 is 58.9 Å². The molecule has 8 atom stereocenters. The molecule has 22 nitrogen and oxygen atoms in total. The van der Waals surface area contributed by atoms with E-state index in [-0.39, 0.29) is 83.0 Å². The number of guanidine groups is 2. The third-order valence-corrected chi connectivity index (χ3v) is 18.1. The van der Waals surface area contributed by atoms with Crippen LogP contribution in [0.4, 0.5) is 43.9 Å². The van der Waals surface area contributed by atoms with E-state index in [1.807, 2.05) is 41.5 Å². The number of hydrogen-bond donors (Lipinski definition) is 2. The minimum Gasteiger partial charge on any atom is -0.463 e. The van der Waals surface area contributed by atoms with Crippen LogP contribution in [-0.4, -0.2) is 120 Å². The first-order valence-electron chi connectivity index (χ1n) is 32.0. The van der Waals surface area contributed by atoms with Crippen molar-refractivity contribution in [1.29, 1.82) is 0 Å². The van der Waals surface area contributed by atoms with Crippen molar-refractivity contribution in [2.75, 3.05) is 13.2 Å². The van der Waals surface area contributed by atoms with Crippen molar-refractivity contribution in [3.63, 3.8) is 0 Å². The van der Waals surface area contributed by atoms with E-state index < -0.39 is 133 Å². The Morgan fingerprint density at radius 3 is 1.21 bits per heavy atom. The number of benzene rings is 4. The largest absolute Gasteiger partial charge is 0.463 e. The number of nitrogens with zero attached hydrogens (tertiary/aromatic N) is 14. The maximum atomic E-state index is 14.9. The Kier molecular flexibility index (Phi) is 20.9. The lowest BCUT2D eigenvalue weighted by Gasteiger charge is -2.35. The van der Waals surface area contributed by atoms with Gasteiger partial charge in [-0.15, -0.1) is 0 Å². The number of halogens is 12. The molecule has 0 bridgehead atoms. The van der Waals surface area contributed by atoms with Crippen molar-refractivity contribution in [3.05, 3.63) is 166 Å². The Balaban J connectivity index is 0.000000205. The predicted molar refractivity (Wildman–Crippen MR) is 352 cm³/mol. The number of aliphatic imine (C=N–C) groups is 2. The van der Waals surface area contributed by atoms with E-state index in [1.165, 1.54) is 71.0 Å². The SMILES string of the molecule is CC(C)(C)C[C@]1(c2ccc(-c3cnn(C(F)F)c3)cc2)N=C(N)N([C@H](COC(=O)C[C@@H]2C[C@H]2F)c2ccc(Cl)c(-n3ncnc3C(F)F)c2)C1=O.CC(C)(C)C[C@]1(c2ccc(-c3cnn(C(F)F)c3)cc2)N=C(N)N([C@H](COC(=O)C[C@H]2C[C@@H]2F)c2ccc(Cl)c(-n3ncnc3C(F)F)c2)C1=O. The molecule has 2 fully saturated rings. The van der Waals surface area contributed by atoms with Crippen LogP contribution in [0.1, 0.15) is 152 Å². The van der Waals surface area contributed by atoms with Crippen LogP contribution in [0.15, 0.2) is 132 Å². The lowest BCUT2D eigenvalue weighted by atomic mass is 9.75. The van der Waals surface area contributed by atoms with Gasteiger partial charge in [0.05, 0.1) is 58.7 Å². The first-order valence-corrected chi connectivity index (χ1v) is 32.7. The summed E-state index contributed by atoms with van der Waals surface area (Å²) < 4.78 is 149. The predicted octanol–water partition coefficient (Wildman–Crippen LogP) is 13.9. The van der Waals surface area contributed by atoms with Gasteiger partial charge in [0.2, 0.25) is 0 Å². The van der Waals surface area contributed by atoms with Crippen LogP contribution < -0.4 is 11.5 Å². The van der Waals surface area contributed by atoms with Crippen LogP contribution in [0.5, 0.6) is 0 Å². The Morgan fingerprint density at radius 2 is 0.902 bits per heavy atom. The molecule has 540 valence electrons. The first kappa shape index (κ1) is 73.5. The molecule has 0 unspecified atom stereocenters. The van der Waals surface area contributed by atoms with Gasteiger partial charge in [-0.2, -0.15) is 38.0 Å². The highest BCUT2D eigenvalue weighted by Gasteiger charge is 2.55. The number of hydrogen-bond acceptors (Lipinski definition) is 16. The third kappa shape index (κ3) is 15.7. The number of ether oxygens (including phenoxy) is 2. The zero-order valence-corrected chi connectivity index (χ0v) is 56.9. The monoisotopic (exact) mass is 1460 g/mol. The number of alkyl halides is 10. The molecule has 4 N–H and O–H groups in total. The number of rotatable bonds is 24. The molecule has 8 aromatic rings. The Morgan fingerprint density at radius 1 is 0.549 bits per heavy atom. The van der Waals surface area contributed by atoms with Gasteiger partial charge in [0.15, 0.2) is 34.6 Å². The lowest BCUT2D eigenvalue weighted by molar-refractivity contribution is -0.148. The summed E-state index contributed by atoms with van der Waals surface area (Å²) in [5.74, 6) is -5.17. The number of esters is 2. The average Bonchev–Trinajstić information content (AvgIpc) is 1.59. The summed E-state index contributed by atoms with van der Waals surface area (Å²) in [6.45, 7) is 5.01. The fourth-order valence-electron chi connectivity index (χ4n) is 12.6. The summed E-state index contributed by atoms with van der Waals surface area (Å²) in [5.41, 5.74) is 12.5. The zero-order valence-electron chi connectivity index (χ0n) is 55.4. The van der Waals surface area contributed by atoms with Gasteiger partial charge >= 0.3 is 25.0 Å². The number of amides is 2. The van der Waals surface area contributed by atoms with Gasteiger partial charge < -0.3 is 20.9 Å². The number of carbonyl (C=O) groups excluding carboxylic acids is 4. The van der Waals surface area contributed by atoms with Crippen molar-refractivity contribution in [2.45, 2.75) is 142 Å². The summed E-state index contributed by atoms with van der Waals surface area (Å²) in [7, 11) is 0. The van der Waals surface area contributed by atoms with Gasteiger partial charge in [0.1, 0.15) is 38.2 Å². The quantitative estimate of drug-likeness (QED) is 0.0421. The van der Waals surface area contributed by atoms with Crippen LogP contribution in [-0.2, 0) is 39.7 Å². The van der Waals surface area contributed by atoms with Crippen LogP contribution in [0.3, 0.4) is 0 Å². The molecule has 6 heterocycles. The highest BCUT2D eigenvalue weighted by atomic mass is 35.5. The summed E-state index contributed by atoms with van der Waals surface area (Å²) in [6, 6.07) is 19.7. The van der Waals surface area contributed by atoms with Gasteiger partial charge in [-0.3, -0.25) is 29.0 Å². The number of carbonyl (C=O) groups is 4. The van der Waals surface area contributed by atoms with E-state index in [0.29, 0.717) is 42.7 Å². The van der Waals surface area contributed by atoms with E-state index in [2.05, 4.69) is 30.4 Å².